The second kappa shape index (κ2) is 8.53. The van der Waals surface area contributed by atoms with E-state index in [0.717, 1.165) is 12.0 Å². The lowest BCUT2D eigenvalue weighted by Crippen LogP contribution is -2.26. The van der Waals surface area contributed by atoms with E-state index >= 15 is 0 Å². The van der Waals surface area contributed by atoms with Crippen LogP contribution in [-0.2, 0) is 4.74 Å². The number of pyridine rings is 1. The van der Waals surface area contributed by atoms with Crippen LogP contribution in [0.15, 0.2) is 79.1 Å². The van der Waals surface area contributed by atoms with Gasteiger partial charge in [0.15, 0.2) is 0 Å². The summed E-state index contributed by atoms with van der Waals surface area (Å²) in [4.78, 5) is 16.1. The molecule has 0 aliphatic heterocycles. The highest BCUT2D eigenvalue weighted by Gasteiger charge is 2.28. The van der Waals surface area contributed by atoms with Crippen molar-refractivity contribution in [2.45, 2.75) is 12.3 Å². The molecule has 1 aliphatic rings. The van der Waals surface area contributed by atoms with Crippen LogP contribution in [0.25, 0.3) is 17.2 Å². The molecule has 4 nitrogen and oxygen atoms in total. The SMILES string of the molecule is O=C(NCCC=Cc1ccncc1)OCC1c2ccccc2-c2ccccc21. The molecule has 4 rings (SSSR count). The van der Waals surface area contributed by atoms with E-state index in [2.05, 4.69) is 34.6 Å². The zero-order chi connectivity index (χ0) is 19.2. The lowest BCUT2D eigenvalue weighted by molar-refractivity contribution is 0.143. The van der Waals surface area contributed by atoms with E-state index in [-0.39, 0.29) is 12.0 Å². The predicted molar refractivity (Wildman–Crippen MR) is 111 cm³/mol. The second-order valence-corrected chi connectivity index (χ2v) is 6.72. The van der Waals surface area contributed by atoms with Gasteiger partial charge < -0.3 is 10.1 Å². The van der Waals surface area contributed by atoms with Crippen LogP contribution < -0.4 is 5.32 Å². The van der Waals surface area contributed by atoms with E-state index in [1.165, 1.54) is 22.3 Å². The Labute approximate surface area is 164 Å². The van der Waals surface area contributed by atoms with Crippen molar-refractivity contribution in [2.24, 2.45) is 0 Å². The van der Waals surface area contributed by atoms with Crippen LogP contribution >= 0.6 is 0 Å². The first-order chi connectivity index (χ1) is 13.8. The molecule has 0 spiro atoms. The van der Waals surface area contributed by atoms with Crippen molar-refractivity contribution in [3.63, 3.8) is 0 Å². The number of aromatic nitrogens is 1. The number of carbonyl (C=O) groups is 1. The van der Waals surface area contributed by atoms with Crippen molar-refractivity contribution in [2.75, 3.05) is 13.2 Å². The normalized spacial score (nSPS) is 12.6. The van der Waals surface area contributed by atoms with Gasteiger partial charge >= 0.3 is 6.09 Å². The van der Waals surface area contributed by atoms with Gasteiger partial charge in [0.2, 0.25) is 0 Å². The van der Waals surface area contributed by atoms with Gasteiger partial charge in [-0.1, -0.05) is 60.7 Å². The highest BCUT2D eigenvalue weighted by atomic mass is 16.5. The molecule has 1 aliphatic carbocycles. The number of hydrogen-bond donors (Lipinski definition) is 1. The van der Waals surface area contributed by atoms with Gasteiger partial charge in [0.05, 0.1) is 0 Å². The minimum atomic E-state index is -0.376. The molecule has 0 saturated heterocycles. The standard InChI is InChI=1S/C24H22N2O2/c27-24(26-14-6-5-7-18-12-15-25-16-13-18)28-17-23-21-10-3-1-8-19(21)20-9-2-4-11-22(20)23/h1-5,7-13,15-16,23H,6,14,17H2,(H,26,27). The molecule has 0 saturated carbocycles. The Bertz CT molecular complexity index is 937. The number of fused-ring (bicyclic) bond motifs is 3. The Morgan fingerprint density at radius 1 is 0.964 bits per heavy atom. The summed E-state index contributed by atoms with van der Waals surface area (Å²) in [5.41, 5.74) is 5.99. The highest BCUT2D eigenvalue weighted by Crippen LogP contribution is 2.44. The predicted octanol–water partition coefficient (Wildman–Crippen LogP) is 5.02. The van der Waals surface area contributed by atoms with Gasteiger partial charge in [-0.3, -0.25) is 4.98 Å². The van der Waals surface area contributed by atoms with E-state index < -0.39 is 0 Å². The molecule has 2 aromatic carbocycles. The van der Waals surface area contributed by atoms with Crippen LogP contribution in [0.2, 0.25) is 0 Å². The molecule has 0 unspecified atom stereocenters. The topological polar surface area (TPSA) is 51.2 Å². The molecule has 28 heavy (non-hydrogen) atoms. The average molecular weight is 370 g/mol. The van der Waals surface area contributed by atoms with E-state index in [0.29, 0.717) is 13.2 Å². The number of hydrogen-bond acceptors (Lipinski definition) is 3. The van der Waals surface area contributed by atoms with Crippen molar-refractivity contribution in [3.8, 4) is 11.1 Å². The third-order valence-corrected chi connectivity index (χ3v) is 4.94. The Balaban J connectivity index is 1.29. The maximum Gasteiger partial charge on any atom is 0.407 e. The average Bonchev–Trinajstić information content (AvgIpc) is 3.07. The van der Waals surface area contributed by atoms with E-state index in [4.69, 9.17) is 4.74 Å². The van der Waals surface area contributed by atoms with Crippen LogP contribution in [0.4, 0.5) is 4.79 Å². The highest BCUT2D eigenvalue weighted by molar-refractivity contribution is 5.79. The Kier molecular flexibility index (Phi) is 5.48. The molecule has 0 radical (unpaired) electrons. The van der Waals surface area contributed by atoms with Gasteiger partial charge in [-0.2, -0.15) is 0 Å². The molecular formula is C24H22N2O2. The van der Waals surface area contributed by atoms with Crippen molar-refractivity contribution in [1.82, 2.24) is 10.3 Å². The molecule has 0 fully saturated rings. The number of nitrogens with zero attached hydrogens (tertiary/aromatic N) is 1. The minimum absolute atomic E-state index is 0.0877. The van der Waals surface area contributed by atoms with Crippen LogP contribution in [0.5, 0.6) is 0 Å². The zero-order valence-corrected chi connectivity index (χ0v) is 15.5. The maximum atomic E-state index is 12.1. The number of amides is 1. The quantitative estimate of drug-likeness (QED) is 0.620. The number of rotatable bonds is 6. The summed E-state index contributed by atoms with van der Waals surface area (Å²) in [5, 5.41) is 2.82. The molecule has 1 amide bonds. The molecule has 1 heterocycles. The summed E-state index contributed by atoms with van der Waals surface area (Å²) < 4.78 is 5.52. The second-order valence-electron chi connectivity index (χ2n) is 6.72. The first-order valence-electron chi connectivity index (χ1n) is 9.48. The molecule has 0 atom stereocenters. The van der Waals surface area contributed by atoms with Gasteiger partial charge in [0, 0.05) is 24.9 Å². The van der Waals surface area contributed by atoms with Crippen molar-refractivity contribution in [1.29, 1.82) is 0 Å². The molecule has 140 valence electrons. The van der Waals surface area contributed by atoms with Crippen molar-refractivity contribution < 1.29 is 9.53 Å². The first kappa shape index (κ1) is 18.0. The van der Waals surface area contributed by atoms with Crippen molar-refractivity contribution >= 4 is 12.2 Å². The van der Waals surface area contributed by atoms with E-state index in [9.17, 15) is 4.79 Å². The summed E-state index contributed by atoms with van der Waals surface area (Å²) in [6.45, 7) is 0.880. The molecule has 3 aromatic rings. The zero-order valence-electron chi connectivity index (χ0n) is 15.5. The third kappa shape index (κ3) is 3.96. The van der Waals surface area contributed by atoms with Crippen LogP contribution in [0.1, 0.15) is 29.0 Å². The van der Waals surface area contributed by atoms with Gasteiger partial charge in [-0.15, -0.1) is 0 Å². The summed E-state index contributed by atoms with van der Waals surface area (Å²) in [6.07, 6.45) is 7.93. The Morgan fingerprint density at radius 3 is 2.29 bits per heavy atom. The summed E-state index contributed by atoms with van der Waals surface area (Å²) in [7, 11) is 0. The largest absolute Gasteiger partial charge is 0.449 e. The summed E-state index contributed by atoms with van der Waals surface area (Å²) in [5.74, 6) is 0.0877. The van der Waals surface area contributed by atoms with E-state index in [1.54, 1.807) is 12.4 Å². The number of carbonyl (C=O) groups excluding carboxylic acids is 1. The summed E-state index contributed by atoms with van der Waals surface area (Å²) >= 11 is 0. The smallest absolute Gasteiger partial charge is 0.407 e. The van der Waals surface area contributed by atoms with Gasteiger partial charge in [0.1, 0.15) is 6.61 Å². The number of benzene rings is 2. The van der Waals surface area contributed by atoms with Crippen LogP contribution in [-0.4, -0.2) is 24.2 Å². The van der Waals surface area contributed by atoms with Crippen LogP contribution in [0.3, 0.4) is 0 Å². The fraction of sp³-hybridized carbons (Fsp3) is 0.167. The van der Waals surface area contributed by atoms with Crippen LogP contribution in [0, 0.1) is 0 Å². The number of nitrogens with one attached hydrogen (secondary N) is 1. The Hall–Kier alpha value is -3.40. The fourth-order valence-corrected chi connectivity index (χ4v) is 3.60. The lowest BCUT2D eigenvalue weighted by atomic mass is 9.98. The molecule has 1 N–H and O–H groups in total. The van der Waals surface area contributed by atoms with Gasteiger partial charge in [-0.25, -0.2) is 4.79 Å². The minimum Gasteiger partial charge on any atom is -0.449 e. The summed E-state index contributed by atoms with van der Waals surface area (Å²) in [6, 6.07) is 20.5. The van der Waals surface area contributed by atoms with E-state index in [1.807, 2.05) is 48.6 Å². The molecular weight excluding hydrogens is 348 g/mol. The fourth-order valence-electron chi connectivity index (χ4n) is 3.60. The molecule has 1 aromatic heterocycles. The number of ether oxygens (including phenoxy) is 1. The van der Waals surface area contributed by atoms with Crippen molar-refractivity contribution in [3.05, 3.63) is 95.8 Å². The number of alkyl carbamates (subject to hydrolysis) is 1. The lowest BCUT2D eigenvalue weighted by Gasteiger charge is -2.14. The molecule has 0 bridgehead atoms. The first-order valence-corrected chi connectivity index (χ1v) is 9.48. The third-order valence-electron chi connectivity index (χ3n) is 4.94. The van der Waals surface area contributed by atoms with Gasteiger partial charge in [-0.05, 0) is 46.4 Å². The monoisotopic (exact) mass is 370 g/mol. The Morgan fingerprint density at radius 2 is 1.61 bits per heavy atom. The molecule has 4 heteroatoms. The maximum absolute atomic E-state index is 12.1. The van der Waals surface area contributed by atoms with Gasteiger partial charge in [0.25, 0.3) is 0 Å².